The molecule has 0 bridgehead atoms. The van der Waals surface area contributed by atoms with Crippen LogP contribution < -0.4 is 5.32 Å². The minimum atomic E-state index is -0.0371. The van der Waals surface area contributed by atoms with Gasteiger partial charge in [0.05, 0.1) is 6.20 Å². The SMILES string of the molecule is CC(=O)NCC=Cc1cnoc1. The number of amides is 1. The zero-order valence-corrected chi connectivity index (χ0v) is 6.78. The van der Waals surface area contributed by atoms with E-state index in [2.05, 4.69) is 15.0 Å². The lowest BCUT2D eigenvalue weighted by molar-refractivity contribution is -0.118. The van der Waals surface area contributed by atoms with Crippen molar-refractivity contribution in [2.75, 3.05) is 6.54 Å². The second kappa shape index (κ2) is 4.33. The van der Waals surface area contributed by atoms with Crippen LogP contribution in [0.2, 0.25) is 0 Å². The highest BCUT2D eigenvalue weighted by Gasteiger charge is 1.88. The van der Waals surface area contributed by atoms with Crippen LogP contribution in [0.4, 0.5) is 0 Å². The van der Waals surface area contributed by atoms with E-state index in [4.69, 9.17) is 0 Å². The molecule has 0 saturated carbocycles. The largest absolute Gasteiger partial charge is 0.364 e. The fourth-order valence-corrected chi connectivity index (χ4v) is 0.693. The van der Waals surface area contributed by atoms with E-state index in [-0.39, 0.29) is 5.91 Å². The van der Waals surface area contributed by atoms with Crippen molar-refractivity contribution in [2.45, 2.75) is 6.92 Å². The normalized spacial score (nSPS) is 10.4. The Morgan fingerprint density at radius 1 is 1.83 bits per heavy atom. The van der Waals surface area contributed by atoms with E-state index in [9.17, 15) is 4.79 Å². The molecule has 0 unspecified atom stereocenters. The number of aromatic nitrogens is 1. The van der Waals surface area contributed by atoms with Gasteiger partial charge >= 0.3 is 0 Å². The van der Waals surface area contributed by atoms with Crippen LogP contribution >= 0.6 is 0 Å². The first-order valence-corrected chi connectivity index (χ1v) is 3.59. The minimum absolute atomic E-state index is 0.0371. The maximum absolute atomic E-state index is 10.4. The van der Waals surface area contributed by atoms with Gasteiger partial charge in [0.2, 0.25) is 5.91 Å². The lowest BCUT2D eigenvalue weighted by Gasteiger charge is -1.92. The van der Waals surface area contributed by atoms with Crippen molar-refractivity contribution in [3.63, 3.8) is 0 Å². The molecule has 0 atom stereocenters. The topological polar surface area (TPSA) is 55.1 Å². The third kappa shape index (κ3) is 3.01. The molecule has 1 heterocycles. The lowest BCUT2D eigenvalue weighted by Crippen LogP contribution is -2.19. The fourth-order valence-electron chi connectivity index (χ4n) is 0.693. The number of carbonyl (C=O) groups is 1. The van der Waals surface area contributed by atoms with Crippen molar-refractivity contribution in [3.8, 4) is 0 Å². The van der Waals surface area contributed by atoms with E-state index in [0.717, 1.165) is 5.56 Å². The molecular weight excluding hydrogens is 156 g/mol. The van der Waals surface area contributed by atoms with E-state index >= 15 is 0 Å². The Balaban J connectivity index is 2.27. The Kier molecular flexibility index (Phi) is 3.07. The van der Waals surface area contributed by atoms with Gasteiger partial charge in [0.1, 0.15) is 6.26 Å². The molecule has 0 fully saturated rings. The van der Waals surface area contributed by atoms with Crippen LogP contribution in [0.3, 0.4) is 0 Å². The Labute approximate surface area is 70.2 Å². The summed E-state index contributed by atoms with van der Waals surface area (Å²) in [6.45, 7) is 2.01. The molecule has 1 aromatic rings. The second-order valence-electron chi connectivity index (χ2n) is 2.30. The van der Waals surface area contributed by atoms with Crippen molar-refractivity contribution in [3.05, 3.63) is 24.1 Å². The summed E-state index contributed by atoms with van der Waals surface area (Å²) in [5.74, 6) is -0.0371. The van der Waals surface area contributed by atoms with Crippen molar-refractivity contribution < 1.29 is 9.32 Å². The van der Waals surface area contributed by atoms with Gasteiger partial charge in [-0.25, -0.2) is 0 Å². The molecule has 64 valence electrons. The fraction of sp³-hybridized carbons (Fsp3) is 0.250. The molecule has 4 heteroatoms. The van der Waals surface area contributed by atoms with Gasteiger partial charge in [-0.15, -0.1) is 0 Å². The van der Waals surface area contributed by atoms with Gasteiger partial charge in [-0.3, -0.25) is 4.79 Å². The lowest BCUT2D eigenvalue weighted by atomic mass is 10.3. The summed E-state index contributed by atoms with van der Waals surface area (Å²) in [6.07, 6.45) is 6.79. The average molecular weight is 166 g/mol. The predicted octanol–water partition coefficient (Wildman–Crippen LogP) is 0.824. The van der Waals surface area contributed by atoms with E-state index in [1.165, 1.54) is 13.2 Å². The third-order valence-corrected chi connectivity index (χ3v) is 1.23. The number of hydrogen-bond acceptors (Lipinski definition) is 3. The quantitative estimate of drug-likeness (QED) is 0.723. The molecule has 0 aliphatic rings. The standard InChI is InChI=1S/C8H10N2O2/c1-7(11)9-4-2-3-8-5-10-12-6-8/h2-3,5-6H,4H2,1H3,(H,9,11). The molecule has 12 heavy (non-hydrogen) atoms. The maximum Gasteiger partial charge on any atom is 0.217 e. The van der Waals surface area contributed by atoms with Crippen LogP contribution in [0.25, 0.3) is 6.08 Å². The number of nitrogens with zero attached hydrogens (tertiary/aromatic N) is 1. The van der Waals surface area contributed by atoms with Crippen LogP contribution in [0, 0.1) is 0 Å². The average Bonchev–Trinajstić information content (AvgIpc) is 2.49. The van der Waals surface area contributed by atoms with E-state index in [1.807, 2.05) is 12.2 Å². The Morgan fingerprint density at radius 3 is 3.25 bits per heavy atom. The summed E-state index contributed by atoms with van der Waals surface area (Å²) in [6, 6.07) is 0. The predicted molar refractivity (Wildman–Crippen MR) is 44.2 cm³/mol. The van der Waals surface area contributed by atoms with Gasteiger partial charge < -0.3 is 9.84 Å². The highest BCUT2D eigenvalue weighted by molar-refractivity contribution is 5.73. The Bertz CT molecular complexity index is 265. The summed E-state index contributed by atoms with van der Waals surface area (Å²) < 4.78 is 4.60. The first-order valence-electron chi connectivity index (χ1n) is 3.59. The van der Waals surface area contributed by atoms with Crippen LogP contribution in [0.15, 0.2) is 23.1 Å². The molecule has 0 radical (unpaired) electrons. The molecule has 1 aromatic heterocycles. The number of carbonyl (C=O) groups excluding carboxylic acids is 1. The molecule has 0 aliphatic heterocycles. The van der Waals surface area contributed by atoms with Crippen molar-refractivity contribution >= 4 is 12.0 Å². The van der Waals surface area contributed by atoms with Crippen molar-refractivity contribution in [1.29, 1.82) is 0 Å². The van der Waals surface area contributed by atoms with Gasteiger partial charge in [0, 0.05) is 19.0 Å². The molecule has 0 saturated heterocycles. The van der Waals surface area contributed by atoms with E-state index in [1.54, 1.807) is 6.20 Å². The molecule has 4 nitrogen and oxygen atoms in total. The first-order chi connectivity index (χ1) is 5.79. The first kappa shape index (κ1) is 8.52. The van der Waals surface area contributed by atoms with E-state index in [0.29, 0.717) is 6.54 Å². The number of nitrogens with one attached hydrogen (secondary N) is 1. The van der Waals surface area contributed by atoms with Gasteiger partial charge in [-0.05, 0) is 0 Å². The number of hydrogen-bond donors (Lipinski definition) is 1. The summed E-state index contributed by atoms with van der Waals surface area (Å²) in [7, 11) is 0. The molecule has 0 aromatic carbocycles. The highest BCUT2D eigenvalue weighted by Crippen LogP contribution is 1.97. The third-order valence-electron chi connectivity index (χ3n) is 1.23. The van der Waals surface area contributed by atoms with Crippen molar-refractivity contribution in [2.24, 2.45) is 0 Å². The Morgan fingerprint density at radius 2 is 2.67 bits per heavy atom. The van der Waals surface area contributed by atoms with Crippen LogP contribution in [-0.2, 0) is 4.79 Å². The van der Waals surface area contributed by atoms with Gasteiger partial charge in [0.15, 0.2) is 0 Å². The minimum Gasteiger partial charge on any atom is -0.364 e. The molecule has 1 amide bonds. The van der Waals surface area contributed by atoms with Crippen LogP contribution in [0.1, 0.15) is 12.5 Å². The summed E-state index contributed by atoms with van der Waals surface area (Å²) in [5, 5.41) is 6.15. The number of rotatable bonds is 3. The second-order valence-corrected chi connectivity index (χ2v) is 2.30. The highest BCUT2D eigenvalue weighted by atomic mass is 16.5. The molecule has 1 N–H and O–H groups in total. The maximum atomic E-state index is 10.4. The Hall–Kier alpha value is -1.58. The van der Waals surface area contributed by atoms with Crippen LogP contribution in [-0.4, -0.2) is 17.6 Å². The zero-order chi connectivity index (χ0) is 8.81. The summed E-state index contributed by atoms with van der Waals surface area (Å²) in [4.78, 5) is 10.4. The summed E-state index contributed by atoms with van der Waals surface area (Å²) in [5.41, 5.74) is 0.889. The van der Waals surface area contributed by atoms with Gasteiger partial charge in [0.25, 0.3) is 0 Å². The molecule has 1 rings (SSSR count). The monoisotopic (exact) mass is 166 g/mol. The van der Waals surface area contributed by atoms with Crippen molar-refractivity contribution in [1.82, 2.24) is 10.5 Å². The molecule has 0 aliphatic carbocycles. The van der Waals surface area contributed by atoms with Gasteiger partial charge in [-0.1, -0.05) is 17.3 Å². The smallest absolute Gasteiger partial charge is 0.217 e. The zero-order valence-electron chi connectivity index (χ0n) is 6.78. The summed E-state index contributed by atoms with van der Waals surface area (Å²) >= 11 is 0. The van der Waals surface area contributed by atoms with E-state index < -0.39 is 0 Å². The molecular formula is C8H10N2O2. The van der Waals surface area contributed by atoms with Crippen LogP contribution in [0.5, 0.6) is 0 Å². The van der Waals surface area contributed by atoms with Gasteiger partial charge in [-0.2, -0.15) is 0 Å². The molecule has 0 spiro atoms.